The second-order valence-corrected chi connectivity index (χ2v) is 5.98. The van der Waals surface area contributed by atoms with Crippen LogP contribution in [0.15, 0.2) is 48.5 Å². The molecule has 0 bridgehead atoms. The van der Waals surface area contributed by atoms with E-state index < -0.39 is 41.3 Å². The second kappa shape index (κ2) is 7.73. The van der Waals surface area contributed by atoms with Gasteiger partial charge in [0.1, 0.15) is 5.75 Å². The van der Waals surface area contributed by atoms with Crippen molar-refractivity contribution in [2.24, 2.45) is 5.41 Å². The Morgan fingerprint density at radius 1 is 0.767 bits per heavy atom. The molecule has 0 spiro atoms. The molecule has 0 radical (unpaired) electrons. The maximum absolute atomic E-state index is 13.1. The number of amides is 1. The van der Waals surface area contributed by atoms with Crippen LogP contribution >= 0.6 is 0 Å². The number of hydrogen-bond donors (Lipinski definition) is 1. The predicted molar refractivity (Wildman–Crippen MR) is 87.7 cm³/mol. The van der Waals surface area contributed by atoms with Crippen LogP contribution in [-0.2, 0) is 4.79 Å². The van der Waals surface area contributed by atoms with Gasteiger partial charge in [-0.1, -0.05) is 36.4 Å². The summed E-state index contributed by atoms with van der Waals surface area (Å²) in [6.07, 6.45) is -21.0. The van der Waals surface area contributed by atoms with Gasteiger partial charge in [-0.15, -0.1) is 0 Å². The molecule has 0 fully saturated rings. The molecule has 0 saturated heterocycles. The van der Waals surface area contributed by atoms with Crippen molar-refractivity contribution in [3.63, 3.8) is 0 Å². The predicted octanol–water partition coefficient (Wildman–Crippen LogP) is 5.97. The highest BCUT2D eigenvalue weighted by Crippen LogP contribution is 2.60. The van der Waals surface area contributed by atoms with Gasteiger partial charge in [-0.05, 0) is 23.3 Å². The third-order valence-electron chi connectivity index (χ3n) is 4.17. The molecule has 0 atom stereocenters. The molecule has 0 aromatic heterocycles. The van der Waals surface area contributed by atoms with Gasteiger partial charge in [0.15, 0.2) is 0 Å². The molecule has 0 heterocycles. The number of carbonyl (C=O) groups excluding carboxylic acids is 1. The standard InChI is InChI=1S/C18H12F9NO2/c1-30-13-8-7-11(10-5-3-2-4-6-10)9-12(13)28-14(29)15(16(19,20)21,17(22,23)24)18(25,26)27/h2-9H,1H3,(H,28,29). The number of rotatable bonds is 4. The molecule has 3 nitrogen and oxygen atoms in total. The molecule has 1 N–H and O–H groups in total. The van der Waals surface area contributed by atoms with E-state index in [2.05, 4.69) is 0 Å². The first-order chi connectivity index (χ1) is 13.7. The van der Waals surface area contributed by atoms with E-state index in [1.54, 1.807) is 18.2 Å². The van der Waals surface area contributed by atoms with E-state index in [0.717, 1.165) is 24.6 Å². The smallest absolute Gasteiger partial charge is 0.421 e. The molecule has 12 heteroatoms. The van der Waals surface area contributed by atoms with Crippen LogP contribution in [0.25, 0.3) is 11.1 Å². The first-order valence-electron chi connectivity index (χ1n) is 7.92. The molecule has 0 aliphatic carbocycles. The number of carbonyl (C=O) groups is 1. The minimum atomic E-state index is -7.02. The fourth-order valence-electron chi connectivity index (χ4n) is 2.70. The van der Waals surface area contributed by atoms with E-state index in [9.17, 15) is 44.3 Å². The summed E-state index contributed by atoms with van der Waals surface area (Å²) < 4.78 is 123. The van der Waals surface area contributed by atoms with Crippen LogP contribution in [-0.4, -0.2) is 31.5 Å². The van der Waals surface area contributed by atoms with E-state index in [1.165, 1.54) is 18.2 Å². The van der Waals surface area contributed by atoms with E-state index in [4.69, 9.17) is 4.74 Å². The van der Waals surface area contributed by atoms with E-state index >= 15 is 0 Å². The lowest BCUT2D eigenvalue weighted by Gasteiger charge is -2.37. The van der Waals surface area contributed by atoms with Crippen molar-refractivity contribution in [2.45, 2.75) is 18.5 Å². The normalized spacial score (nSPS) is 13.1. The van der Waals surface area contributed by atoms with Gasteiger partial charge in [0.05, 0.1) is 12.8 Å². The molecule has 1 amide bonds. The van der Waals surface area contributed by atoms with Gasteiger partial charge in [0.25, 0.3) is 5.91 Å². The summed E-state index contributed by atoms with van der Waals surface area (Å²) in [7, 11) is 0.970. The lowest BCUT2D eigenvalue weighted by Crippen LogP contribution is -2.65. The lowest BCUT2D eigenvalue weighted by atomic mass is 9.84. The highest BCUT2D eigenvalue weighted by molar-refractivity contribution is 5.99. The van der Waals surface area contributed by atoms with Crippen LogP contribution < -0.4 is 10.1 Å². The average molecular weight is 445 g/mol. The van der Waals surface area contributed by atoms with Gasteiger partial charge in [-0.25, -0.2) is 0 Å². The van der Waals surface area contributed by atoms with Gasteiger partial charge in [0.2, 0.25) is 0 Å². The quantitative estimate of drug-likeness (QED) is 0.589. The van der Waals surface area contributed by atoms with Crippen LogP contribution in [0.5, 0.6) is 5.75 Å². The number of halogens is 9. The highest BCUT2D eigenvalue weighted by Gasteiger charge is 2.88. The summed E-state index contributed by atoms with van der Waals surface area (Å²) in [6, 6.07) is 11.2. The monoisotopic (exact) mass is 445 g/mol. The van der Waals surface area contributed by atoms with Crippen LogP contribution in [0.4, 0.5) is 45.2 Å². The van der Waals surface area contributed by atoms with Crippen LogP contribution in [0.2, 0.25) is 0 Å². The molecule has 2 aromatic rings. The van der Waals surface area contributed by atoms with Gasteiger partial charge in [-0.2, -0.15) is 39.5 Å². The largest absolute Gasteiger partial charge is 0.495 e. The molecule has 164 valence electrons. The van der Waals surface area contributed by atoms with Crippen molar-refractivity contribution in [3.8, 4) is 16.9 Å². The number of ether oxygens (including phenoxy) is 1. The minimum absolute atomic E-state index is 0.198. The fourth-order valence-corrected chi connectivity index (χ4v) is 2.70. The molecule has 2 rings (SSSR count). The van der Waals surface area contributed by atoms with Gasteiger partial charge < -0.3 is 10.1 Å². The zero-order chi connectivity index (χ0) is 23.0. The number of anilines is 1. The van der Waals surface area contributed by atoms with Gasteiger partial charge in [0, 0.05) is 0 Å². The number of hydrogen-bond acceptors (Lipinski definition) is 2. The Morgan fingerprint density at radius 3 is 1.70 bits per heavy atom. The third-order valence-corrected chi connectivity index (χ3v) is 4.17. The van der Waals surface area contributed by atoms with Crippen molar-refractivity contribution in [1.29, 1.82) is 0 Å². The fraction of sp³-hybridized carbons (Fsp3) is 0.278. The zero-order valence-electron chi connectivity index (χ0n) is 14.8. The molecular formula is C18H12F9NO2. The van der Waals surface area contributed by atoms with Crippen molar-refractivity contribution in [2.75, 3.05) is 12.4 Å². The van der Waals surface area contributed by atoms with Crippen molar-refractivity contribution in [1.82, 2.24) is 0 Å². The Balaban J connectivity index is 2.63. The third kappa shape index (κ3) is 3.90. The zero-order valence-corrected chi connectivity index (χ0v) is 14.8. The number of alkyl halides is 9. The Bertz CT molecular complexity index is 867. The maximum atomic E-state index is 13.1. The van der Waals surface area contributed by atoms with Crippen molar-refractivity contribution in [3.05, 3.63) is 48.5 Å². The second-order valence-electron chi connectivity index (χ2n) is 5.98. The highest BCUT2D eigenvalue weighted by atomic mass is 19.4. The number of nitrogens with one attached hydrogen (secondary N) is 1. The van der Waals surface area contributed by atoms with E-state index in [-0.39, 0.29) is 5.56 Å². The Morgan fingerprint density at radius 2 is 1.27 bits per heavy atom. The summed E-state index contributed by atoms with van der Waals surface area (Å²) in [4.78, 5) is 12.0. The van der Waals surface area contributed by atoms with E-state index in [1.807, 2.05) is 0 Å². The SMILES string of the molecule is COc1ccc(-c2ccccc2)cc1NC(=O)C(C(F)(F)F)(C(F)(F)F)C(F)(F)F. The first kappa shape index (κ1) is 23.4. The topological polar surface area (TPSA) is 38.3 Å². The molecule has 30 heavy (non-hydrogen) atoms. The summed E-state index contributed by atoms with van der Waals surface area (Å²) in [6.45, 7) is 0. The van der Waals surface area contributed by atoms with Gasteiger partial charge in [-0.3, -0.25) is 4.79 Å². The Labute approximate surface area is 163 Å². The molecular weight excluding hydrogens is 433 g/mol. The van der Waals surface area contributed by atoms with Gasteiger partial charge >= 0.3 is 23.9 Å². The van der Waals surface area contributed by atoms with Crippen molar-refractivity contribution < 1.29 is 49.0 Å². The maximum Gasteiger partial charge on any atom is 0.421 e. The Hall–Kier alpha value is -2.92. The van der Waals surface area contributed by atoms with E-state index in [0.29, 0.717) is 5.56 Å². The van der Waals surface area contributed by atoms with Crippen molar-refractivity contribution >= 4 is 11.6 Å². The average Bonchev–Trinajstić information content (AvgIpc) is 2.59. The molecule has 2 aromatic carbocycles. The van der Waals surface area contributed by atoms with Crippen LogP contribution in [0, 0.1) is 5.41 Å². The van der Waals surface area contributed by atoms with Crippen LogP contribution in [0.1, 0.15) is 0 Å². The first-order valence-corrected chi connectivity index (χ1v) is 7.92. The summed E-state index contributed by atoms with van der Waals surface area (Å²) >= 11 is 0. The molecule has 0 aliphatic rings. The summed E-state index contributed by atoms with van der Waals surface area (Å²) in [5.74, 6) is -3.79. The lowest BCUT2D eigenvalue weighted by molar-refractivity contribution is -0.405. The molecule has 0 aliphatic heterocycles. The minimum Gasteiger partial charge on any atom is -0.495 e. The molecule has 0 unspecified atom stereocenters. The molecule has 0 saturated carbocycles. The summed E-state index contributed by atoms with van der Waals surface area (Å²) in [5.41, 5.74) is -6.81. The summed E-state index contributed by atoms with van der Waals surface area (Å²) in [5, 5.41) is 1.11. The Kier molecular flexibility index (Phi) is 6.02. The number of methoxy groups -OCH3 is 1. The number of benzene rings is 2. The van der Waals surface area contributed by atoms with Crippen LogP contribution in [0.3, 0.4) is 0 Å².